The Morgan fingerprint density at radius 2 is 2.55 bits per heavy atom. The van der Waals surface area contributed by atoms with Crippen LogP contribution in [0.3, 0.4) is 0 Å². The van der Waals surface area contributed by atoms with Gasteiger partial charge < -0.3 is 5.32 Å². The molecular weight excluding hydrogens is 142 g/mol. The minimum atomic E-state index is 0.0298. The predicted octanol–water partition coefficient (Wildman–Crippen LogP) is 0.0589. The van der Waals surface area contributed by atoms with Crippen molar-refractivity contribution in [1.29, 1.82) is 0 Å². The molecule has 58 valence electrons. The Bertz CT molecular complexity index is 318. The van der Waals surface area contributed by atoms with Gasteiger partial charge in [-0.2, -0.15) is 0 Å². The lowest BCUT2D eigenvalue weighted by atomic mass is 10.3. The van der Waals surface area contributed by atoms with Gasteiger partial charge in [-0.05, 0) is 6.42 Å². The quantitative estimate of drug-likeness (QED) is 0.570. The first-order chi connectivity index (χ1) is 5.38. The van der Waals surface area contributed by atoms with Crippen molar-refractivity contribution >= 4 is 5.95 Å². The van der Waals surface area contributed by atoms with Crippen LogP contribution in [0.4, 0.5) is 5.95 Å². The van der Waals surface area contributed by atoms with E-state index in [-0.39, 0.29) is 5.56 Å². The zero-order valence-corrected chi connectivity index (χ0v) is 6.08. The number of nitrogens with one attached hydrogen (secondary N) is 1. The summed E-state index contributed by atoms with van der Waals surface area (Å²) in [5.74, 6) is 0.698. The number of aromatic nitrogens is 2. The summed E-state index contributed by atoms with van der Waals surface area (Å²) in [6, 6.07) is 1.48. The Hall–Kier alpha value is -1.32. The lowest BCUT2D eigenvalue weighted by Gasteiger charge is -2.17. The monoisotopic (exact) mass is 151 g/mol. The minimum absolute atomic E-state index is 0.0298. The van der Waals surface area contributed by atoms with Crippen molar-refractivity contribution < 1.29 is 0 Å². The van der Waals surface area contributed by atoms with Gasteiger partial charge in [-0.25, -0.2) is 4.98 Å². The minimum Gasteiger partial charge on any atom is -0.356 e. The second-order valence-electron chi connectivity index (χ2n) is 2.54. The molecule has 1 aromatic heterocycles. The van der Waals surface area contributed by atoms with Crippen LogP contribution in [0.1, 0.15) is 6.42 Å². The van der Waals surface area contributed by atoms with E-state index in [1.807, 2.05) is 0 Å². The van der Waals surface area contributed by atoms with Gasteiger partial charge in [0.05, 0.1) is 0 Å². The molecule has 2 heterocycles. The van der Waals surface area contributed by atoms with Crippen molar-refractivity contribution in [1.82, 2.24) is 9.55 Å². The molecule has 1 aliphatic heterocycles. The Morgan fingerprint density at radius 1 is 1.64 bits per heavy atom. The summed E-state index contributed by atoms with van der Waals surface area (Å²) in [5.41, 5.74) is 0.0298. The Balaban J connectivity index is 2.58. The van der Waals surface area contributed by atoms with Gasteiger partial charge >= 0.3 is 0 Å². The smallest absolute Gasteiger partial charge is 0.254 e. The second-order valence-corrected chi connectivity index (χ2v) is 2.54. The lowest BCUT2D eigenvalue weighted by molar-refractivity contribution is 0.596. The molecule has 1 aromatic rings. The molecule has 4 heteroatoms. The summed E-state index contributed by atoms with van der Waals surface area (Å²) in [5, 5.41) is 3.06. The summed E-state index contributed by atoms with van der Waals surface area (Å²) in [6.07, 6.45) is 2.53. The highest BCUT2D eigenvalue weighted by Gasteiger charge is 2.07. The van der Waals surface area contributed by atoms with Crippen LogP contribution in [0.25, 0.3) is 0 Å². The second kappa shape index (κ2) is 2.38. The molecule has 2 rings (SSSR count). The topological polar surface area (TPSA) is 46.9 Å². The van der Waals surface area contributed by atoms with E-state index in [2.05, 4.69) is 10.3 Å². The maximum Gasteiger partial charge on any atom is 0.254 e. The summed E-state index contributed by atoms with van der Waals surface area (Å²) in [7, 11) is 0. The molecule has 4 nitrogen and oxygen atoms in total. The first kappa shape index (κ1) is 6.39. The van der Waals surface area contributed by atoms with Crippen LogP contribution in [0.5, 0.6) is 0 Å². The average Bonchev–Trinajstić information content (AvgIpc) is 2.06. The predicted molar refractivity (Wildman–Crippen MR) is 41.6 cm³/mol. The summed E-state index contributed by atoms with van der Waals surface area (Å²) >= 11 is 0. The molecule has 1 aliphatic rings. The van der Waals surface area contributed by atoms with Gasteiger partial charge in [0, 0.05) is 25.4 Å². The zero-order chi connectivity index (χ0) is 7.68. The summed E-state index contributed by atoms with van der Waals surface area (Å²) in [6.45, 7) is 1.70. The van der Waals surface area contributed by atoms with E-state index < -0.39 is 0 Å². The maximum absolute atomic E-state index is 11.1. The molecule has 0 amide bonds. The highest BCUT2D eigenvalue weighted by molar-refractivity contribution is 5.26. The molecule has 0 aromatic carbocycles. The number of anilines is 1. The van der Waals surface area contributed by atoms with Crippen LogP contribution in [-0.2, 0) is 6.54 Å². The van der Waals surface area contributed by atoms with Crippen LogP contribution in [0.15, 0.2) is 17.1 Å². The van der Waals surface area contributed by atoms with Gasteiger partial charge in [-0.15, -0.1) is 0 Å². The van der Waals surface area contributed by atoms with Gasteiger partial charge in [0.25, 0.3) is 5.56 Å². The number of rotatable bonds is 0. The van der Waals surface area contributed by atoms with Crippen molar-refractivity contribution in [2.75, 3.05) is 11.9 Å². The molecule has 0 aliphatic carbocycles. The zero-order valence-electron chi connectivity index (χ0n) is 6.08. The van der Waals surface area contributed by atoms with Crippen molar-refractivity contribution in [2.45, 2.75) is 13.0 Å². The van der Waals surface area contributed by atoms with Crippen molar-refractivity contribution in [3.63, 3.8) is 0 Å². The van der Waals surface area contributed by atoms with Crippen LogP contribution < -0.4 is 10.9 Å². The molecule has 0 atom stereocenters. The molecule has 0 unspecified atom stereocenters. The largest absolute Gasteiger partial charge is 0.356 e. The van der Waals surface area contributed by atoms with E-state index in [1.165, 1.54) is 12.3 Å². The molecule has 0 saturated heterocycles. The SMILES string of the molecule is O=c1ccnc2n1CCCN2. The first-order valence-electron chi connectivity index (χ1n) is 3.67. The highest BCUT2D eigenvalue weighted by Crippen LogP contribution is 2.05. The highest BCUT2D eigenvalue weighted by atomic mass is 16.1. The van der Waals surface area contributed by atoms with Gasteiger partial charge in [0.2, 0.25) is 5.95 Å². The normalized spacial score (nSPS) is 15.3. The van der Waals surface area contributed by atoms with Crippen molar-refractivity contribution in [2.24, 2.45) is 0 Å². The van der Waals surface area contributed by atoms with Crippen LogP contribution in [0, 0.1) is 0 Å². The molecular formula is C7H9N3O. The molecule has 0 bridgehead atoms. The average molecular weight is 151 g/mol. The summed E-state index contributed by atoms with van der Waals surface area (Å²) in [4.78, 5) is 15.2. The Kier molecular flexibility index (Phi) is 1.38. The van der Waals surface area contributed by atoms with Gasteiger partial charge in [-0.1, -0.05) is 0 Å². The molecule has 0 saturated carbocycles. The molecule has 0 radical (unpaired) electrons. The van der Waals surface area contributed by atoms with Gasteiger partial charge in [-0.3, -0.25) is 9.36 Å². The fourth-order valence-corrected chi connectivity index (χ4v) is 1.23. The van der Waals surface area contributed by atoms with E-state index in [9.17, 15) is 4.79 Å². The van der Waals surface area contributed by atoms with Gasteiger partial charge in [0.15, 0.2) is 0 Å². The molecule has 0 spiro atoms. The number of hydrogen-bond acceptors (Lipinski definition) is 3. The number of fused-ring (bicyclic) bond motifs is 1. The van der Waals surface area contributed by atoms with Crippen LogP contribution in [0.2, 0.25) is 0 Å². The van der Waals surface area contributed by atoms with E-state index >= 15 is 0 Å². The third kappa shape index (κ3) is 1.00. The maximum atomic E-state index is 11.1. The van der Waals surface area contributed by atoms with E-state index in [0.29, 0.717) is 5.95 Å². The van der Waals surface area contributed by atoms with Crippen LogP contribution in [-0.4, -0.2) is 16.1 Å². The van der Waals surface area contributed by atoms with Crippen molar-refractivity contribution in [3.05, 3.63) is 22.6 Å². The van der Waals surface area contributed by atoms with Crippen molar-refractivity contribution in [3.8, 4) is 0 Å². The molecule has 11 heavy (non-hydrogen) atoms. The van der Waals surface area contributed by atoms with E-state index in [4.69, 9.17) is 0 Å². The number of hydrogen-bond donors (Lipinski definition) is 1. The number of nitrogens with zero attached hydrogens (tertiary/aromatic N) is 2. The third-order valence-corrected chi connectivity index (χ3v) is 1.78. The third-order valence-electron chi connectivity index (χ3n) is 1.78. The Morgan fingerprint density at radius 3 is 3.36 bits per heavy atom. The fourth-order valence-electron chi connectivity index (χ4n) is 1.23. The standard InChI is InChI=1S/C7H9N3O/c11-6-2-4-9-7-8-3-1-5-10(6)7/h2,4H,1,3,5H2,(H,8,9). The molecule has 1 N–H and O–H groups in total. The fraction of sp³-hybridized carbons (Fsp3) is 0.429. The van der Waals surface area contributed by atoms with Crippen LogP contribution >= 0.6 is 0 Å². The molecule has 0 fully saturated rings. The van der Waals surface area contributed by atoms with E-state index in [1.54, 1.807) is 4.57 Å². The first-order valence-corrected chi connectivity index (χ1v) is 3.67. The summed E-state index contributed by atoms with van der Waals surface area (Å²) < 4.78 is 1.66. The van der Waals surface area contributed by atoms with E-state index in [0.717, 1.165) is 19.5 Å². The van der Waals surface area contributed by atoms with Gasteiger partial charge in [0.1, 0.15) is 0 Å². The lowest BCUT2D eigenvalue weighted by Crippen LogP contribution is -2.29. The Labute approximate surface area is 63.9 Å².